The third kappa shape index (κ3) is 3.47. The molecule has 0 fully saturated rings. The minimum atomic E-state index is 0.616. The van der Waals surface area contributed by atoms with Gasteiger partial charge < -0.3 is 9.30 Å². The van der Waals surface area contributed by atoms with Gasteiger partial charge in [-0.15, -0.1) is 0 Å². The number of para-hydroxylation sites is 3. The predicted molar refractivity (Wildman–Crippen MR) is 106 cm³/mol. The molecule has 0 N–H and O–H groups in total. The molecule has 0 saturated heterocycles. The molecule has 1 heterocycles. The molecule has 0 aliphatic rings. The fourth-order valence-electron chi connectivity index (χ4n) is 3.26. The van der Waals surface area contributed by atoms with Crippen molar-refractivity contribution in [2.45, 2.75) is 19.9 Å². The zero-order valence-corrected chi connectivity index (χ0v) is 14.9. The van der Waals surface area contributed by atoms with E-state index >= 15 is 0 Å². The van der Waals surface area contributed by atoms with Gasteiger partial charge in [0.05, 0.1) is 17.6 Å². The Hall–Kier alpha value is -3.07. The van der Waals surface area contributed by atoms with E-state index in [1.807, 2.05) is 36.4 Å². The van der Waals surface area contributed by atoms with Crippen LogP contribution in [0.15, 0.2) is 78.9 Å². The first-order chi connectivity index (χ1) is 12.8. The minimum absolute atomic E-state index is 0.616. The van der Waals surface area contributed by atoms with E-state index in [2.05, 4.69) is 54.0 Å². The maximum Gasteiger partial charge on any atom is 0.119 e. The third-order valence-corrected chi connectivity index (χ3v) is 4.67. The van der Waals surface area contributed by atoms with Gasteiger partial charge in [-0.2, -0.15) is 0 Å². The highest BCUT2D eigenvalue weighted by Crippen LogP contribution is 2.20. The zero-order chi connectivity index (χ0) is 17.8. The van der Waals surface area contributed by atoms with Gasteiger partial charge in [-0.25, -0.2) is 4.98 Å². The van der Waals surface area contributed by atoms with Crippen molar-refractivity contribution in [3.05, 3.63) is 95.8 Å². The van der Waals surface area contributed by atoms with Crippen molar-refractivity contribution in [1.29, 1.82) is 0 Å². The Morgan fingerprint density at radius 3 is 2.42 bits per heavy atom. The van der Waals surface area contributed by atoms with Gasteiger partial charge >= 0.3 is 0 Å². The molecule has 3 nitrogen and oxygen atoms in total. The average Bonchev–Trinajstić information content (AvgIpc) is 3.02. The second-order valence-corrected chi connectivity index (χ2v) is 6.43. The van der Waals surface area contributed by atoms with Crippen LogP contribution in [0.5, 0.6) is 5.75 Å². The van der Waals surface area contributed by atoms with E-state index in [4.69, 9.17) is 9.72 Å². The zero-order valence-electron chi connectivity index (χ0n) is 14.9. The molecule has 0 unspecified atom stereocenters. The van der Waals surface area contributed by atoms with Gasteiger partial charge in [-0.05, 0) is 42.3 Å². The first kappa shape index (κ1) is 16.4. The number of hydrogen-bond acceptors (Lipinski definition) is 2. The summed E-state index contributed by atoms with van der Waals surface area (Å²) in [4.78, 5) is 4.88. The molecule has 0 spiro atoms. The van der Waals surface area contributed by atoms with Crippen molar-refractivity contribution in [2.75, 3.05) is 6.61 Å². The van der Waals surface area contributed by atoms with Crippen LogP contribution in [-0.2, 0) is 13.0 Å². The van der Waals surface area contributed by atoms with Gasteiger partial charge in [0, 0.05) is 6.42 Å². The van der Waals surface area contributed by atoms with Gasteiger partial charge in [-0.3, -0.25) is 0 Å². The van der Waals surface area contributed by atoms with Crippen molar-refractivity contribution in [3.63, 3.8) is 0 Å². The van der Waals surface area contributed by atoms with Gasteiger partial charge in [-0.1, -0.05) is 54.6 Å². The highest BCUT2D eigenvalue weighted by atomic mass is 16.5. The third-order valence-electron chi connectivity index (χ3n) is 4.67. The molecule has 3 aromatic carbocycles. The SMILES string of the molecule is Cc1ccccc1Cc1nc2ccccc2n1CCOc1ccccc1. The molecule has 3 heteroatoms. The summed E-state index contributed by atoms with van der Waals surface area (Å²) in [6.45, 7) is 3.54. The lowest BCUT2D eigenvalue weighted by atomic mass is 10.1. The van der Waals surface area contributed by atoms with E-state index in [0.29, 0.717) is 6.61 Å². The molecule has 4 aromatic rings. The maximum absolute atomic E-state index is 5.91. The number of nitrogens with zero attached hydrogens (tertiary/aromatic N) is 2. The van der Waals surface area contributed by atoms with Crippen molar-refractivity contribution in [3.8, 4) is 5.75 Å². The molecule has 0 aliphatic heterocycles. The average molecular weight is 342 g/mol. The van der Waals surface area contributed by atoms with Crippen LogP contribution >= 0.6 is 0 Å². The highest BCUT2D eigenvalue weighted by molar-refractivity contribution is 5.76. The number of hydrogen-bond donors (Lipinski definition) is 0. The fourth-order valence-corrected chi connectivity index (χ4v) is 3.26. The Bertz CT molecular complexity index is 1010. The van der Waals surface area contributed by atoms with Crippen molar-refractivity contribution in [2.24, 2.45) is 0 Å². The standard InChI is InChI=1S/C23H22N2O/c1-18-9-5-6-10-19(18)17-23-24-21-13-7-8-14-22(21)25(23)15-16-26-20-11-3-2-4-12-20/h2-14H,15-17H2,1H3. The van der Waals surface area contributed by atoms with Crippen LogP contribution in [0.2, 0.25) is 0 Å². The van der Waals surface area contributed by atoms with Crippen LogP contribution in [0.4, 0.5) is 0 Å². The van der Waals surface area contributed by atoms with E-state index < -0.39 is 0 Å². The number of aryl methyl sites for hydroxylation is 1. The van der Waals surface area contributed by atoms with Gasteiger partial charge in [0.25, 0.3) is 0 Å². The normalized spacial score (nSPS) is 11.0. The van der Waals surface area contributed by atoms with Crippen LogP contribution < -0.4 is 4.74 Å². The fraction of sp³-hybridized carbons (Fsp3) is 0.174. The summed E-state index contributed by atoms with van der Waals surface area (Å²) in [5.41, 5.74) is 4.81. The highest BCUT2D eigenvalue weighted by Gasteiger charge is 2.12. The number of aromatic nitrogens is 2. The van der Waals surface area contributed by atoms with Crippen LogP contribution in [0.25, 0.3) is 11.0 Å². The molecule has 0 aliphatic carbocycles. The van der Waals surface area contributed by atoms with E-state index in [0.717, 1.165) is 35.6 Å². The second-order valence-electron chi connectivity index (χ2n) is 6.43. The number of rotatable bonds is 6. The van der Waals surface area contributed by atoms with Crippen molar-refractivity contribution >= 4 is 11.0 Å². The quantitative estimate of drug-likeness (QED) is 0.492. The Labute approximate surface area is 153 Å². The van der Waals surface area contributed by atoms with E-state index in [9.17, 15) is 0 Å². The maximum atomic E-state index is 5.91. The molecule has 26 heavy (non-hydrogen) atoms. The lowest BCUT2D eigenvalue weighted by Gasteiger charge is -2.12. The number of ether oxygens (including phenoxy) is 1. The smallest absolute Gasteiger partial charge is 0.119 e. The summed E-state index contributed by atoms with van der Waals surface area (Å²) >= 11 is 0. The molecule has 1 aromatic heterocycles. The lowest BCUT2D eigenvalue weighted by Crippen LogP contribution is -2.12. The van der Waals surface area contributed by atoms with Crippen LogP contribution in [0.1, 0.15) is 17.0 Å². The number of fused-ring (bicyclic) bond motifs is 1. The van der Waals surface area contributed by atoms with E-state index in [1.165, 1.54) is 11.1 Å². The summed E-state index contributed by atoms with van der Waals surface area (Å²) in [6, 6.07) is 26.8. The largest absolute Gasteiger partial charge is 0.492 e. The molecule has 0 saturated carbocycles. The molecule has 0 amide bonds. The van der Waals surface area contributed by atoms with Crippen LogP contribution in [0.3, 0.4) is 0 Å². The van der Waals surface area contributed by atoms with E-state index in [1.54, 1.807) is 0 Å². The number of benzene rings is 3. The monoisotopic (exact) mass is 342 g/mol. The second kappa shape index (κ2) is 7.44. The molecular formula is C23H22N2O. The van der Waals surface area contributed by atoms with Crippen molar-refractivity contribution in [1.82, 2.24) is 9.55 Å². The topological polar surface area (TPSA) is 27.1 Å². The first-order valence-corrected chi connectivity index (χ1v) is 8.98. The molecule has 0 atom stereocenters. The molecule has 130 valence electrons. The van der Waals surface area contributed by atoms with Crippen LogP contribution in [-0.4, -0.2) is 16.2 Å². The Balaban J connectivity index is 1.60. The first-order valence-electron chi connectivity index (χ1n) is 8.98. The summed E-state index contributed by atoms with van der Waals surface area (Å²) in [5, 5.41) is 0. The lowest BCUT2D eigenvalue weighted by molar-refractivity contribution is 0.298. The minimum Gasteiger partial charge on any atom is -0.492 e. The van der Waals surface area contributed by atoms with Gasteiger partial charge in [0.1, 0.15) is 18.2 Å². The van der Waals surface area contributed by atoms with Gasteiger partial charge in [0.15, 0.2) is 0 Å². The van der Waals surface area contributed by atoms with E-state index in [-0.39, 0.29) is 0 Å². The van der Waals surface area contributed by atoms with Crippen molar-refractivity contribution < 1.29 is 4.74 Å². The van der Waals surface area contributed by atoms with Crippen LogP contribution in [0, 0.1) is 6.92 Å². The number of imidazole rings is 1. The van der Waals surface area contributed by atoms with Gasteiger partial charge in [0.2, 0.25) is 0 Å². The Morgan fingerprint density at radius 1 is 0.846 bits per heavy atom. The summed E-state index contributed by atoms with van der Waals surface area (Å²) in [7, 11) is 0. The summed E-state index contributed by atoms with van der Waals surface area (Å²) in [6.07, 6.45) is 0.826. The molecule has 0 bridgehead atoms. The molecular weight excluding hydrogens is 320 g/mol. The molecule has 0 radical (unpaired) electrons. The molecule has 4 rings (SSSR count). The summed E-state index contributed by atoms with van der Waals surface area (Å²) < 4.78 is 8.19. The predicted octanol–water partition coefficient (Wildman–Crippen LogP) is 5.01. The summed E-state index contributed by atoms with van der Waals surface area (Å²) in [5.74, 6) is 1.98. The Morgan fingerprint density at radius 2 is 1.58 bits per heavy atom. The Kier molecular flexibility index (Phi) is 4.69.